The van der Waals surface area contributed by atoms with Gasteiger partial charge in [0.1, 0.15) is 0 Å². The number of carbonyl (C=O) groups is 1. The van der Waals surface area contributed by atoms with Crippen LogP contribution in [0.5, 0.6) is 0 Å². The SMILES string of the molecule is CC(C)C[C@@H](N)C(=O)Nc1cccs1. The van der Waals surface area contributed by atoms with Gasteiger partial charge in [0, 0.05) is 0 Å². The van der Waals surface area contributed by atoms with E-state index in [0.29, 0.717) is 5.92 Å². The van der Waals surface area contributed by atoms with Gasteiger partial charge in [-0.25, -0.2) is 0 Å². The number of thiophene rings is 1. The van der Waals surface area contributed by atoms with Gasteiger partial charge in [-0.1, -0.05) is 13.8 Å². The molecule has 1 heterocycles. The number of carbonyl (C=O) groups excluding carboxylic acids is 1. The summed E-state index contributed by atoms with van der Waals surface area (Å²) in [6.07, 6.45) is 0.719. The van der Waals surface area contributed by atoms with E-state index in [1.165, 1.54) is 11.3 Å². The van der Waals surface area contributed by atoms with Crippen molar-refractivity contribution in [2.45, 2.75) is 26.3 Å². The molecule has 1 aromatic rings. The van der Waals surface area contributed by atoms with Gasteiger partial charge in [0.05, 0.1) is 11.0 Å². The van der Waals surface area contributed by atoms with Gasteiger partial charge in [-0.05, 0) is 29.9 Å². The van der Waals surface area contributed by atoms with Crippen LogP contribution in [0.15, 0.2) is 17.5 Å². The molecule has 3 nitrogen and oxygen atoms in total. The Morgan fingerprint density at radius 2 is 2.36 bits per heavy atom. The topological polar surface area (TPSA) is 55.1 Å². The highest BCUT2D eigenvalue weighted by atomic mass is 32.1. The Morgan fingerprint density at radius 1 is 1.64 bits per heavy atom. The predicted octanol–water partition coefficient (Wildman–Crippen LogP) is 2.06. The maximum absolute atomic E-state index is 11.5. The first-order chi connectivity index (χ1) is 6.59. The van der Waals surface area contributed by atoms with E-state index < -0.39 is 6.04 Å². The van der Waals surface area contributed by atoms with Crippen molar-refractivity contribution in [1.29, 1.82) is 0 Å². The van der Waals surface area contributed by atoms with E-state index >= 15 is 0 Å². The third kappa shape index (κ3) is 3.47. The zero-order valence-corrected chi connectivity index (χ0v) is 9.30. The minimum atomic E-state index is -0.405. The zero-order chi connectivity index (χ0) is 10.6. The van der Waals surface area contributed by atoms with Crippen LogP contribution in [-0.4, -0.2) is 11.9 Å². The van der Waals surface area contributed by atoms with E-state index in [1.54, 1.807) is 0 Å². The third-order valence-corrected chi connectivity index (χ3v) is 2.61. The molecule has 0 aliphatic rings. The lowest BCUT2D eigenvalue weighted by molar-refractivity contribution is -0.117. The van der Waals surface area contributed by atoms with Crippen molar-refractivity contribution < 1.29 is 4.79 Å². The molecule has 0 bridgehead atoms. The quantitative estimate of drug-likeness (QED) is 0.802. The highest BCUT2D eigenvalue weighted by Gasteiger charge is 2.14. The molecule has 0 unspecified atom stereocenters. The number of nitrogens with one attached hydrogen (secondary N) is 1. The van der Waals surface area contributed by atoms with Crippen LogP contribution >= 0.6 is 11.3 Å². The molecule has 1 rings (SSSR count). The Labute approximate surface area is 88.3 Å². The lowest BCUT2D eigenvalue weighted by Gasteiger charge is -2.12. The van der Waals surface area contributed by atoms with Gasteiger partial charge < -0.3 is 11.1 Å². The van der Waals surface area contributed by atoms with Crippen LogP contribution in [0.3, 0.4) is 0 Å². The Bertz CT molecular complexity index is 282. The molecule has 1 aromatic heterocycles. The van der Waals surface area contributed by atoms with Crippen molar-refractivity contribution >= 4 is 22.2 Å². The summed E-state index contributed by atoms with van der Waals surface area (Å²) in [5.41, 5.74) is 5.73. The van der Waals surface area contributed by atoms with Gasteiger partial charge in [0.25, 0.3) is 0 Å². The minimum absolute atomic E-state index is 0.0962. The summed E-state index contributed by atoms with van der Waals surface area (Å²) in [4.78, 5) is 11.5. The summed E-state index contributed by atoms with van der Waals surface area (Å²) in [5.74, 6) is 0.347. The number of rotatable bonds is 4. The minimum Gasteiger partial charge on any atom is -0.320 e. The van der Waals surface area contributed by atoms with Gasteiger partial charge in [-0.2, -0.15) is 0 Å². The fourth-order valence-electron chi connectivity index (χ4n) is 1.18. The van der Waals surface area contributed by atoms with Gasteiger partial charge in [-0.15, -0.1) is 11.3 Å². The van der Waals surface area contributed by atoms with Gasteiger partial charge in [0.2, 0.25) is 5.91 Å². The summed E-state index contributed by atoms with van der Waals surface area (Å²) >= 11 is 1.50. The van der Waals surface area contributed by atoms with Crippen LogP contribution in [0.25, 0.3) is 0 Å². The molecule has 0 aliphatic heterocycles. The maximum atomic E-state index is 11.5. The molecule has 1 amide bonds. The Hall–Kier alpha value is -0.870. The second-order valence-corrected chi connectivity index (χ2v) is 4.65. The van der Waals surface area contributed by atoms with Crippen molar-refractivity contribution in [3.63, 3.8) is 0 Å². The van der Waals surface area contributed by atoms with Crippen LogP contribution in [0, 0.1) is 5.92 Å². The van der Waals surface area contributed by atoms with Crippen molar-refractivity contribution in [2.24, 2.45) is 11.7 Å². The van der Waals surface area contributed by atoms with E-state index in [4.69, 9.17) is 5.73 Å². The highest BCUT2D eigenvalue weighted by molar-refractivity contribution is 7.14. The third-order valence-electron chi connectivity index (χ3n) is 1.83. The maximum Gasteiger partial charge on any atom is 0.241 e. The summed E-state index contributed by atoms with van der Waals surface area (Å²) < 4.78 is 0. The molecule has 0 saturated carbocycles. The smallest absolute Gasteiger partial charge is 0.241 e. The second-order valence-electron chi connectivity index (χ2n) is 3.70. The lowest BCUT2D eigenvalue weighted by atomic mass is 10.0. The molecule has 4 heteroatoms. The van der Waals surface area contributed by atoms with Gasteiger partial charge in [0.15, 0.2) is 0 Å². The largest absolute Gasteiger partial charge is 0.320 e. The average Bonchev–Trinajstić information content (AvgIpc) is 2.55. The number of nitrogens with two attached hydrogens (primary N) is 1. The molecule has 1 atom stereocenters. The summed E-state index contributed by atoms with van der Waals surface area (Å²) in [5, 5.41) is 5.56. The van der Waals surface area contributed by atoms with Crippen molar-refractivity contribution in [3.05, 3.63) is 17.5 Å². The average molecular weight is 212 g/mol. The van der Waals surface area contributed by atoms with E-state index in [0.717, 1.165) is 11.4 Å². The summed E-state index contributed by atoms with van der Waals surface area (Å²) in [6, 6.07) is 3.36. The first kappa shape index (κ1) is 11.2. The molecule has 0 saturated heterocycles. The van der Waals surface area contributed by atoms with Crippen LogP contribution in [0.2, 0.25) is 0 Å². The second kappa shape index (κ2) is 5.12. The molecular formula is C10H16N2OS. The molecule has 3 N–H and O–H groups in total. The zero-order valence-electron chi connectivity index (χ0n) is 8.49. The fourth-order valence-corrected chi connectivity index (χ4v) is 1.80. The highest BCUT2D eigenvalue weighted by Crippen LogP contribution is 2.15. The summed E-state index contributed by atoms with van der Waals surface area (Å²) in [7, 11) is 0. The van der Waals surface area contributed by atoms with Crippen LogP contribution in [0.1, 0.15) is 20.3 Å². The lowest BCUT2D eigenvalue weighted by Crippen LogP contribution is -2.36. The predicted molar refractivity (Wildman–Crippen MR) is 60.4 cm³/mol. The molecule has 0 fully saturated rings. The van der Waals surface area contributed by atoms with Crippen molar-refractivity contribution in [3.8, 4) is 0 Å². The van der Waals surface area contributed by atoms with Gasteiger partial charge in [-0.3, -0.25) is 4.79 Å². The molecule has 0 aliphatic carbocycles. The molecule has 78 valence electrons. The fraction of sp³-hybridized carbons (Fsp3) is 0.500. The normalized spacial score (nSPS) is 12.9. The Balaban J connectivity index is 2.42. The van der Waals surface area contributed by atoms with E-state index in [2.05, 4.69) is 19.2 Å². The molecular weight excluding hydrogens is 196 g/mol. The number of anilines is 1. The molecule has 0 spiro atoms. The summed E-state index contributed by atoms with van der Waals surface area (Å²) in [6.45, 7) is 4.11. The van der Waals surface area contributed by atoms with Crippen LogP contribution in [0.4, 0.5) is 5.00 Å². The van der Waals surface area contributed by atoms with E-state index in [-0.39, 0.29) is 5.91 Å². The van der Waals surface area contributed by atoms with Crippen molar-refractivity contribution in [2.75, 3.05) is 5.32 Å². The van der Waals surface area contributed by atoms with Crippen LogP contribution < -0.4 is 11.1 Å². The number of amides is 1. The standard InChI is InChI=1S/C10H16N2OS/c1-7(2)6-8(11)10(13)12-9-4-3-5-14-9/h3-5,7-8H,6,11H2,1-2H3,(H,12,13)/t8-/m1/s1. The number of hydrogen-bond acceptors (Lipinski definition) is 3. The first-order valence-electron chi connectivity index (χ1n) is 4.69. The van der Waals surface area contributed by atoms with E-state index in [1.807, 2.05) is 17.5 Å². The molecule has 0 radical (unpaired) electrons. The van der Waals surface area contributed by atoms with Gasteiger partial charge >= 0.3 is 0 Å². The Kier molecular flexibility index (Phi) is 4.10. The molecule has 0 aromatic carbocycles. The number of hydrogen-bond donors (Lipinski definition) is 2. The van der Waals surface area contributed by atoms with Crippen LogP contribution in [-0.2, 0) is 4.79 Å². The van der Waals surface area contributed by atoms with Crippen molar-refractivity contribution in [1.82, 2.24) is 0 Å². The Morgan fingerprint density at radius 3 is 2.86 bits per heavy atom. The first-order valence-corrected chi connectivity index (χ1v) is 5.57. The van der Waals surface area contributed by atoms with E-state index in [9.17, 15) is 4.79 Å². The molecule has 14 heavy (non-hydrogen) atoms. The monoisotopic (exact) mass is 212 g/mol.